The lowest BCUT2D eigenvalue weighted by Crippen LogP contribution is -3.00. The van der Waals surface area contributed by atoms with Gasteiger partial charge in [0, 0.05) is 10.9 Å². The molecule has 0 saturated carbocycles. The minimum absolute atomic E-state index is 0. The second kappa shape index (κ2) is 8.82. The van der Waals surface area contributed by atoms with Gasteiger partial charge in [0.2, 0.25) is 0 Å². The van der Waals surface area contributed by atoms with Gasteiger partial charge in [-0.25, -0.2) is 14.7 Å². The molecule has 0 unspecified atom stereocenters. The van der Waals surface area contributed by atoms with Crippen LogP contribution in [0, 0.1) is 0 Å². The van der Waals surface area contributed by atoms with E-state index in [9.17, 15) is 4.79 Å². The molecule has 0 aliphatic heterocycles. The summed E-state index contributed by atoms with van der Waals surface area (Å²) < 4.78 is 7.41. The minimum Gasteiger partial charge on any atom is -1.00 e. The monoisotopic (exact) mass is 434 g/mol. The molecule has 3 aromatic rings. The summed E-state index contributed by atoms with van der Waals surface area (Å²) >= 11 is 1.62. The molecular weight excluding hydrogens is 416 g/mol. The van der Waals surface area contributed by atoms with Gasteiger partial charge in [0.15, 0.2) is 0 Å². The summed E-state index contributed by atoms with van der Waals surface area (Å²) in [5.74, 6) is -0.0908. The van der Waals surface area contributed by atoms with Gasteiger partial charge in [0.25, 0.3) is 0 Å². The maximum atomic E-state index is 10.9. The van der Waals surface area contributed by atoms with Crippen LogP contribution in [0.25, 0.3) is 11.3 Å². The summed E-state index contributed by atoms with van der Waals surface area (Å²) in [4.78, 5) is 10.9. The molecule has 0 aliphatic rings. The lowest BCUT2D eigenvalue weighted by Gasteiger charge is -2.05. The third-order valence-electron chi connectivity index (χ3n) is 3.90. The van der Waals surface area contributed by atoms with E-state index in [2.05, 4.69) is 22.2 Å². The molecular formula is C19H19BrN2O3S. The van der Waals surface area contributed by atoms with Gasteiger partial charge in [0.05, 0.1) is 19.2 Å². The molecule has 0 spiro atoms. The van der Waals surface area contributed by atoms with Gasteiger partial charge in [-0.1, -0.05) is 11.3 Å². The van der Waals surface area contributed by atoms with Crippen LogP contribution in [0.1, 0.15) is 17.3 Å². The van der Waals surface area contributed by atoms with Crippen molar-refractivity contribution in [1.29, 1.82) is 0 Å². The molecule has 1 heterocycles. The first-order chi connectivity index (χ1) is 12.1. The van der Waals surface area contributed by atoms with Crippen molar-refractivity contribution in [1.82, 2.24) is 0 Å². The first-order valence-electron chi connectivity index (χ1n) is 7.88. The van der Waals surface area contributed by atoms with Crippen molar-refractivity contribution >= 4 is 28.1 Å². The molecule has 3 rings (SSSR count). The Morgan fingerprint density at radius 3 is 2.35 bits per heavy atom. The number of carboxylic acid groups (broad SMARTS) is 1. The molecule has 136 valence electrons. The number of hydrogen-bond acceptors (Lipinski definition) is 4. The normalized spacial score (nSPS) is 10.1. The topological polar surface area (TPSA) is 62.4 Å². The summed E-state index contributed by atoms with van der Waals surface area (Å²) in [6.45, 7) is 2.92. The van der Waals surface area contributed by atoms with Gasteiger partial charge >= 0.3 is 11.1 Å². The van der Waals surface area contributed by atoms with E-state index in [1.807, 2.05) is 24.3 Å². The molecule has 1 aromatic heterocycles. The van der Waals surface area contributed by atoms with E-state index in [4.69, 9.17) is 9.84 Å². The summed E-state index contributed by atoms with van der Waals surface area (Å²) in [7, 11) is 1.66. The van der Waals surface area contributed by atoms with Crippen molar-refractivity contribution < 1.29 is 36.2 Å². The maximum absolute atomic E-state index is 10.9. The standard InChI is InChI=1S/C19H18N2O3S.BrH/c1-3-21-17(13-6-10-16(24-2)11-7-13)12-25-19(21)20-15-8-4-14(5-9-15)18(22)23;/h4-12H,3H2,1-2H3,(H,22,23);1H. The van der Waals surface area contributed by atoms with Crippen molar-refractivity contribution in [3.8, 4) is 17.0 Å². The Morgan fingerprint density at radius 1 is 1.15 bits per heavy atom. The van der Waals surface area contributed by atoms with Crippen LogP contribution in [0.4, 0.5) is 10.8 Å². The Balaban J connectivity index is 0.00000243. The predicted molar refractivity (Wildman–Crippen MR) is 98.9 cm³/mol. The van der Waals surface area contributed by atoms with Gasteiger partial charge in [-0.3, -0.25) is 0 Å². The number of hydrogen-bond donors (Lipinski definition) is 2. The molecule has 5 nitrogen and oxygen atoms in total. The Kier molecular flexibility index (Phi) is 6.76. The Hall–Kier alpha value is -2.38. The van der Waals surface area contributed by atoms with Gasteiger partial charge in [0.1, 0.15) is 17.1 Å². The Bertz CT molecular complexity index is 877. The zero-order chi connectivity index (χ0) is 17.8. The summed E-state index contributed by atoms with van der Waals surface area (Å²) in [5, 5.41) is 15.5. The van der Waals surface area contributed by atoms with Crippen molar-refractivity contribution in [2.24, 2.45) is 0 Å². The van der Waals surface area contributed by atoms with Crippen LogP contribution in [0.2, 0.25) is 0 Å². The van der Waals surface area contributed by atoms with Crippen LogP contribution in [0.15, 0.2) is 53.9 Å². The minimum atomic E-state index is -0.923. The van der Waals surface area contributed by atoms with Gasteiger partial charge in [-0.15, -0.1) is 0 Å². The second-order valence-corrected chi connectivity index (χ2v) is 6.26. The molecule has 0 saturated heterocycles. The first-order valence-corrected chi connectivity index (χ1v) is 8.76. The zero-order valence-corrected chi connectivity index (χ0v) is 16.8. The lowest BCUT2D eigenvalue weighted by molar-refractivity contribution is -0.664. The van der Waals surface area contributed by atoms with Crippen LogP contribution < -0.4 is 31.6 Å². The van der Waals surface area contributed by atoms with Crippen molar-refractivity contribution in [3.63, 3.8) is 0 Å². The number of rotatable bonds is 6. The number of halogens is 1. The smallest absolute Gasteiger partial charge is 0.339 e. The van der Waals surface area contributed by atoms with Gasteiger partial charge in [-0.2, -0.15) is 0 Å². The zero-order valence-electron chi connectivity index (χ0n) is 14.4. The highest BCUT2D eigenvalue weighted by Gasteiger charge is 2.18. The second-order valence-electron chi connectivity index (χ2n) is 5.41. The van der Waals surface area contributed by atoms with E-state index in [0.29, 0.717) is 0 Å². The summed E-state index contributed by atoms with van der Waals surface area (Å²) in [6.07, 6.45) is 0. The molecule has 26 heavy (non-hydrogen) atoms. The number of anilines is 2. The highest BCUT2D eigenvalue weighted by Crippen LogP contribution is 2.27. The number of carboxylic acids is 1. The van der Waals surface area contributed by atoms with Crippen LogP contribution in [0.3, 0.4) is 0 Å². The predicted octanol–water partition coefficient (Wildman–Crippen LogP) is 1.18. The molecule has 0 aliphatic carbocycles. The fourth-order valence-electron chi connectivity index (χ4n) is 2.56. The molecule has 2 N–H and O–H groups in total. The van der Waals surface area contributed by atoms with Crippen LogP contribution in [-0.4, -0.2) is 18.2 Å². The van der Waals surface area contributed by atoms with Crippen molar-refractivity contribution in [2.45, 2.75) is 13.5 Å². The third-order valence-corrected chi connectivity index (χ3v) is 4.79. The number of benzene rings is 2. The average molecular weight is 435 g/mol. The highest BCUT2D eigenvalue weighted by atomic mass is 79.9. The van der Waals surface area contributed by atoms with E-state index in [-0.39, 0.29) is 22.5 Å². The van der Waals surface area contributed by atoms with Crippen molar-refractivity contribution in [2.75, 3.05) is 12.4 Å². The van der Waals surface area contributed by atoms with Crippen molar-refractivity contribution in [3.05, 3.63) is 59.5 Å². The highest BCUT2D eigenvalue weighted by molar-refractivity contribution is 7.13. The molecule has 0 bridgehead atoms. The average Bonchev–Trinajstić information content (AvgIpc) is 3.04. The Labute approximate surface area is 166 Å². The number of thiazole rings is 1. The summed E-state index contributed by atoms with van der Waals surface area (Å²) in [6, 6.07) is 14.7. The molecule has 0 amide bonds. The lowest BCUT2D eigenvalue weighted by atomic mass is 10.1. The van der Waals surface area contributed by atoms with E-state index in [0.717, 1.165) is 34.4 Å². The first kappa shape index (κ1) is 19.9. The molecule has 2 aromatic carbocycles. The number of aromatic carboxylic acids is 1. The van der Waals surface area contributed by atoms with Gasteiger partial charge in [-0.05, 0) is 55.5 Å². The number of nitrogens with one attached hydrogen (secondary N) is 1. The fraction of sp³-hybridized carbons (Fsp3) is 0.158. The van der Waals surface area contributed by atoms with E-state index < -0.39 is 5.97 Å². The third kappa shape index (κ3) is 4.23. The number of nitrogens with zero attached hydrogens (tertiary/aromatic N) is 1. The van der Waals surface area contributed by atoms with E-state index in [1.54, 1.807) is 42.7 Å². The van der Waals surface area contributed by atoms with E-state index >= 15 is 0 Å². The molecule has 0 fully saturated rings. The number of carbonyl (C=O) groups is 1. The molecule has 0 radical (unpaired) electrons. The number of ether oxygens (including phenoxy) is 1. The van der Waals surface area contributed by atoms with E-state index in [1.165, 1.54) is 0 Å². The largest absolute Gasteiger partial charge is 1.00 e. The van der Waals surface area contributed by atoms with Crippen LogP contribution in [-0.2, 0) is 6.54 Å². The van der Waals surface area contributed by atoms with Crippen LogP contribution in [0.5, 0.6) is 5.75 Å². The number of methoxy groups -OCH3 is 1. The quantitative estimate of drug-likeness (QED) is 0.571. The number of aromatic nitrogens is 1. The molecule has 7 heteroatoms. The molecule has 0 atom stereocenters. The fourth-order valence-corrected chi connectivity index (χ4v) is 3.58. The Morgan fingerprint density at radius 2 is 1.81 bits per heavy atom. The SMILES string of the molecule is CC[n+]1c(-c2ccc(OC)cc2)csc1Nc1ccc(C(=O)O)cc1.[Br-]. The van der Waals surface area contributed by atoms with Gasteiger partial charge < -0.3 is 26.8 Å². The summed E-state index contributed by atoms with van der Waals surface area (Å²) in [5.41, 5.74) is 3.38. The van der Waals surface area contributed by atoms with Crippen LogP contribution >= 0.6 is 11.3 Å². The maximum Gasteiger partial charge on any atom is 0.339 e.